The molecule has 0 fully saturated rings. The molecular formula is C11H11ClN2O. The largest absolute Gasteiger partial charge is 0.294 e. The van der Waals surface area contributed by atoms with Gasteiger partial charge in [-0.1, -0.05) is 18.5 Å². The van der Waals surface area contributed by atoms with Crippen LogP contribution in [0.5, 0.6) is 0 Å². The standard InChI is InChI=1S/C11H11ClN2O/c1-3-4-10(15)8-5-7(2)14-11(12)9(8)6-13/h5H,3-4H2,1-2H3. The molecule has 0 unspecified atom stereocenters. The van der Waals surface area contributed by atoms with Gasteiger partial charge in [-0.3, -0.25) is 4.79 Å². The molecule has 0 aromatic carbocycles. The van der Waals surface area contributed by atoms with E-state index in [4.69, 9.17) is 16.9 Å². The zero-order valence-corrected chi connectivity index (χ0v) is 9.43. The Morgan fingerprint density at radius 1 is 1.67 bits per heavy atom. The van der Waals surface area contributed by atoms with E-state index in [1.54, 1.807) is 13.0 Å². The fourth-order valence-electron chi connectivity index (χ4n) is 1.32. The van der Waals surface area contributed by atoms with Crippen molar-refractivity contribution in [2.75, 3.05) is 0 Å². The van der Waals surface area contributed by atoms with Gasteiger partial charge in [-0.25, -0.2) is 4.98 Å². The summed E-state index contributed by atoms with van der Waals surface area (Å²) >= 11 is 5.79. The maximum absolute atomic E-state index is 11.7. The normalized spacial score (nSPS) is 9.73. The average molecular weight is 223 g/mol. The number of halogens is 1. The number of ketones is 1. The third-order valence-corrected chi connectivity index (χ3v) is 2.27. The first-order chi connectivity index (χ1) is 7.10. The van der Waals surface area contributed by atoms with E-state index < -0.39 is 0 Å². The molecule has 0 saturated carbocycles. The second-order valence-electron chi connectivity index (χ2n) is 3.26. The van der Waals surface area contributed by atoms with Gasteiger partial charge >= 0.3 is 0 Å². The summed E-state index contributed by atoms with van der Waals surface area (Å²) in [6.45, 7) is 3.66. The molecule has 1 aromatic heterocycles. The van der Waals surface area contributed by atoms with Gasteiger partial charge in [0, 0.05) is 17.7 Å². The number of carbonyl (C=O) groups is 1. The van der Waals surface area contributed by atoms with E-state index in [0.717, 1.165) is 6.42 Å². The van der Waals surface area contributed by atoms with Gasteiger partial charge in [-0.05, 0) is 19.4 Å². The van der Waals surface area contributed by atoms with Crippen molar-refractivity contribution in [1.82, 2.24) is 4.98 Å². The molecule has 15 heavy (non-hydrogen) atoms. The summed E-state index contributed by atoms with van der Waals surface area (Å²) in [6, 6.07) is 3.53. The van der Waals surface area contributed by atoms with Crippen molar-refractivity contribution in [3.8, 4) is 6.07 Å². The summed E-state index contributed by atoms with van der Waals surface area (Å²) in [4.78, 5) is 15.6. The van der Waals surface area contributed by atoms with E-state index in [2.05, 4.69) is 4.98 Å². The van der Waals surface area contributed by atoms with Crippen molar-refractivity contribution >= 4 is 17.4 Å². The van der Waals surface area contributed by atoms with Gasteiger partial charge in [-0.15, -0.1) is 0 Å². The van der Waals surface area contributed by atoms with Crippen LogP contribution in [0.2, 0.25) is 5.15 Å². The van der Waals surface area contributed by atoms with Gasteiger partial charge in [-0.2, -0.15) is 5.26 Å². The molecule has 1 rings (SSSR count). The molecule has 0 atom stereocenters. The number of Topliss-reactive ketones (excluding diaryl/α,β-unsaturated/α-hetero) is 1. The minimum atomic E-state index is -0.0542. The van der Waals surface area contributed by atoms with Crippen LogP contribution in [0.4, 0.5) is 0 Å². The Kier molecular flexibility index (Phi) is 3.81. The highest BCUT2D eigenvalue weighted by molar-refractivity contribution is 6.31. The van der Waals surface area contributed by atoms with Gasteiger partial charge in [0.25, 0.3) is 0 Å². The van der Waals surface area contributed by atoms with Crippen LogP contribution in [0.1, 0.15) is 41.4 Å². The molecule has 0 N–H and O–H groups in total. The number of nitriles is 1. The molecular weight excluding hydrogens is 212 g/mol. The highest BCUT2D eigenvalue weighted by Crippen LogP contribution is 2.20. The maximum Gasteiger partial charge on any atom is 0.164 e. The predicted molar refractivity (Wildman–Crippen MR) is 57.9 cm³/mol. The number of rotatable bonds is 3. The minimum absolute atomic E-state index is 0.0542. The highest BCUT2D eigenvalue weighted by Gasteiger charge is 2.15. The van der Waals surface area contributed by atoms with Crippen LogP contribution in [0.15, 0.2) is 6.07 Å². The average Bonchev–Trinajstić information content (AvgIpc) is 2.17. The third kappa shape index (κ3) is 2.54. The van der Waals surface area contributed by atoms with Gasteiger partial charge in [0.2, 0.25) is 0 Å². The fraction of sp³-hybridized carbons (Fsp3) is 0.364. The summed E-state index contributed by atoms with van der Waals surface area (Å²) in [6.07, 6.45) is 1.18. The SMILES string of the molecule is CCCC(=O)c1cc(C)nc(Cl)c1C#N. The Bertz CT molecular complexity index is 435. The van der Waals surface area contributed by atoms with Crippen LogP contribution < -0.4 is 0 Å². The quantitative estimate of drug-likeness (QED) is 0.584. The predicted octanol–water partition coefficient (Wildman–Crippen LogP) is 2.90. The lowest BCUT2D eigenvalue weighted by Crippen LogP contribution is -2.04. The second kappa shape index (κ2) is 4.90. The van der Waals surface area contributed by atoms with Gasteiger partial charge in [0.1, 0.15) is 16.8 Å². The van der Waals surface area contributed by atoms with E-state index in [1.165, 1.54) is 0 Å². The zero-order valence-electron chi connectivity index (χ0n) is 8.67. The van der Waals surface area contributed by atoms with Crippen LogP contribution >= 0.6 is 11.6 Å². The first kappa shape index (κ1) is 11.7. The van der Waals surface area contributed by atoms with Crippen molar-refractivity contribution in [1.29, 1.82) is 5.26 Å². The molecule has 0 saturated heterocycles. The van der Waals surface area contributed by atoms with E-state index in [0.29, 0.717) is 17.7 Å². The fourth-order valence-corrected chi connectivity index (χ4v) is 1.60. The summed E-state index contributed by atoms with van der Waals surface area (Å²) in [5.74, 6) is -0.0542. The molecule has 0 spiro atoms. The topological polar surface area (TPSA) is 53.8 Å². The number of nitrogens with zero attached hydrogens (tertiary/aromatic N) is 2. The van der Waals surface area contributed by atoms with E-state index in [1.807, 2.05) is 13.0 Å². The number of hydrogen-bond acceptors (Lipinski definition) is 3. The molecule has 0 amide bonds. The molecule has 0 aliphatic heterocycles. The van der Waals surface area contributed by atoms with E-state index in [-0.39, 0.29) is 16.5 Å². The lowest BCUT2D eigenvalue weighted by Gasteiger charge is -2.04. The molecule has 0 aliphatic rings. The number of hydrogen-bond donors (Lipinski definition) is 0. The Labute approximate surface area is 93.7 Å². The number of aryl methyl sites for hydroxylation is 1. The molecule has 0 radical (unpaired) electrons. The van der Waals surface area contributed by atoms with Crippen molar-refractivity contribution in [2.24, 2.45) is 0 Å². The van der Waals surface area contributed by atoms with Gasteiger partial charge < -0.3 is 0 Å². The molecule has 0 bridgehead atoms. The van der Waals surface area contributed by atoms with E-state index in [9.17, 15) is 4.79 Å². The highest BCUT2D eigenvalue weighted by atomic mass is 35.5. The molecule has 1 aromatic rings. The van der Waals surface area contributed by atoms with Crippen molar-refractivity contribution in [2.45, 2.75) is 26.7 Å². The Hall–Kier alpha value is -1.40. The van der Waals surface area contributed by atoms with Crippen LogP contribution in [0.3, 0.4) is 0 Å². The smallest absolute Gasteiger partial charge is 0.164 e. The van der Waals surface area contributed by atoms with Crippen LogP contribution in [0, 0.1) is 18.3 Å². The van der Waals surface area contributed by atoms with Crippen LogP contribution in [-0.4, -0.2) is 10.8 Å². The first-order valence-corrected chi connectivity index (χ1v) is 5.08. The van der Waals surface area contributed by atoms with Crippen LogP contribution in [0.25, 0.3) is 0 Å². The molecule has 1 heterocycles. The monoisotopic (exact) mass is 222 g/mol. The third-order valence-electron chi connectivity index (χ3n) is 1.99. The Balaban J connectivity index is 3.28. The molecule has 4 heteroatoms. The summed E-state index contributed by atoms with van der Waals surface area (Å²) < 4.78 is 0. The Morgan fingerprint density at radius 3 is 2.87 bits per heavy atom. The molecule has 3 nitrogen and oxygen atoms in total. The number of pyridine rings is 1. The zero-order chi connectivity index (χ0) is 11.4. The van der Waals surface area contributed by atoms with Gasteiger partial charge in [0.05, 0.1) is 0 Å². The summed E-state index contributed by atoms with van der Waals surface area (Å²) in [5, 5.41) is 8.99. The van der Waals surface area contributed by atoms with Crippen molar-refractivity contribution in [3.05, 3.63) is 28.0 Å². The maximum atomic E-state index is 11.7. The minimum Gasteiger partial charge on any atom is -0.294 e. The summed E-state index contributed by atoms with van der Waals surface area (Å²) in [5.41, 5.74) is 1.22. The van der Waals surface area contributed by atoms with Gasteiger partial charge in [0.15, 0.2) is 5.78 Å². The van der Waals surface area contributed by atoms with E-state index >= 15 is 0 Å². The van der Waals surface area contributed by atoms with Crippen molar-refractivity contribution < 1.29 is 4.79 Å². The van der Waals surface area contributed by atoms with Crippen molar-refractivity contribution in [3.63, 3.8) is 0 Å². The lowest BCUT2D eigenvalue weighted by atomic mass is 10.0. The Morgan fingerprint density at radius 2 is 2.33 bits per heavy atom. The first-order valence-electron chi connectivity index (χ1n) is 4.70. The lowest BCUT2D eigenvalue weighted by molar-refractivity contribution is 0.0981. The van der Waals surface area contributed by atoms with Crippen LogP contribution in [-0.2, 0) is 0 Å². The molecule has 78 valence electrons. The summed E-state index contributed by atoms with van der Waals surface area (Å²) in [7, 11) is 0. The number of carbonyl (C=O) groups excluding carboxylic acids is 1. The molecule has 0 aliphatic carbocycles. The second-order valence-corrected chi connectivity index (χ2v) is 3.62. The number of aromatic nitrogens is 1.